The van der Waals surface area contributed by atoms with E-state index in [-0.39, 0.29) is 13.3 Å². The van der Waals surface area contributed by atoms with E-state index in [1.54, 1.807) is 0 Å². The van der Waals surface area contributed by atoms with E-state index < -0.39 is 0 Å². The summed E-state index contributed by atoms with van der Waals surface area (Å²) in [6.07, 6.45) is 0.846. The third-order valence-corrected chi connectivity index (χ3v) is 0.845. The molecule has 0 heterocycles. The van der Waals surface area contributed by atoms with Gasteiger partial charge in [-0.15, -0.1) is 0 Å². The van der Waals surface area contributed by atoms with Crippen molar-refractivity contribution in [2.45, 2.75) is 12.8 Å². The Balaban J connectivity index is 2.60. The van der Waals surface area contributed by atoms with Gasteiger partial charge in [-0.05, 0) is 12.8 Å². The molecule has 56 valence electrons. The lowest BCUT2D eigenvalue weighted by molar-refractivity contribution is 0.119. The minimum atomic E-state index is -0.352. The van der Waals surface area contributed by atoms with Gasteiger partial charge in [-0.1, -0.05) is 0 Å². The maximum atomic E-state index is 11.3. The molecule has 0 rings (SSSR count). The molecule has 0 aromatic rings. The molecule has 0 aliphatic rings. The van der Waals surface area contributed by atoms with Crippen LogP contribution >= 0.6 is 0 Å². The van der Waals surface area contributed by atoms with Crippen LogP contribution in [0.25, 0.3) is 0 Å². The van der Waals surface area contributed by atoms with Gasteiger partial charge in [-0.3, -0.25) is 8.78 Å². The molecule has 0 radical (unpaired) electrons. The van der Waals surface area contributed by atoms with Gasteiger partial charge in [0.05, 0.1) is 13.3 Å². The highest BCUT2D eigenvalue weighted by molar-refractivity contribution is 4.34. The minimum absolute atomic E-state index is 0.352. The van der Waals surface area contributed by atoms with Crippen molar-refractivity contribution in [3.05, 3.63) is 0 Å². The molecule has 0 saturated heterocycles. The predicted octanol–water partition coefficient (Wildman–Crippen LogP) is 1.72. The molecule has 9 heavy (non-hydrogen) atoms. The van der Waals surface area contributed by atoms with Crippen LogP contribution in [0.4, 0.5) is 8.78 Å². The van der Waals surface area contributed by atoms with Gasteiger partial charge in [-0.25, -0.2) is 0 Å². The van der Waals surface area contributed by atoms with Crippen molar-refractivity contribution in [2.24, 2.45) is 0 Å². The van der Waals surface area contributed by atoms with E-state index in [0.29, 0.717) is 26.1 Å². The molecule has 0 aromatic heterocycles. The van der Waals surface area contributed by atoms with Gasteiger partial charge in [0.1, 0.15) is 0 Å². The average molecular weight is 138 g/mol. The highest BCUT2D eigenvalue weighted by atomic mass is 19.1. The maximum absolute atomic E-state index is 11.3. The van der Waals surface area contributed by atoms with Gasteiger partial charge in [0, 0.05) is 13.2 Å². The second-order valence-electron chi connectivity index (χ2n) is 1.70. The molecule has 0 N–H and O–H groups in total. The third kappa shape index (κ3) is 7.82. The lowest BCUT2D eigenvalue weighted by atomic mass is 10.5. The number of ether oxygens (including phenoxy) is 1. The smallest absolute Gasteiger partial charge is 0.0916 e. The molecule has 0 atom stereocenters. The van der Waals surface area contributed by atoms with Crippen molar-refractivity contribution < 1.29 is 13.5 Å². The zero-order valence-electron chi connectivity index (χ0n) is 5.41. The molecule has 0 aliphatic heterocycles. The van der Waals surface area contributed by atoms with E-state index in [1.807, 2.05) is 0 Å². The zero-order chi connectivity index (χ0) is 6.95. The van der Waals surface area contributed by atoms with Gasteiger partial charge >= 0.3 is 0 Å². The van der Waals surface area contributed by atoms with E-state index in [0.717, 1.165) is 0 Å². The number of rotatable bonds is 6. The first-order valence-corrected chi connectivity index (χ1v) is 3.11. The van der Waals surface area contributed by atoms with Gasteiger partial charge in [0.15, 0.2) is 0 Å². The molecule has 0 bridgehead atoms. The Hall–Kier alpha value is -0.180. The minimum Gasteiger partial charge on any atom is -0.381 e. The predicted molar refractivity (Wildman–Crippen MR) is 32.0 cm³/mol. The van der Waals surface area contributed by atoms with Gasteiger partial charge in [0.2, 0.25) is 0 Å². The van der Waals surface area contributed by atoms with Crippen molar-refractivity contribution in [3.63, 3.8) is 0 Å². The van der Waals surface area contributed by atoms with Crippen LogP contribution in [0.3, 0.4) is 0 Å². The molecule has 0 spiro atoms. The topological polar surface area (TPSA) is 9.23 Å². The molecule has 1 nitrogen and oxygen atoms in total. The van der Waals surface area contributed by atoms with Crippen LogP contribution in [-0.2, 0) is 4.74 Å². The molecule has 0 fully saturated rings. The van der Waals surface area contributed by atoms with Crippen LogP contribution in [-0.4, -0.2) is 26.6 Å². The van der Waals surface area contributed by atoms with E-state index in [2.05, 4.69) is 0 Å². The van der Waals surface area contributed by atoms with Gasteiger partial charge < -0.3 is 4.74 Å². The number of alkyl halides is 2. The largest absolute Gasteiger partial charge is 0.381 e. The number of halogens is 2. The van der Waals surface area contributed by atoms with Gasteiger partial charge in [0.25, 0.3) is 0 Å². The third-order valence-electron chi connectivity index (χ3n) is 0.845. The van der Waals surface area contributed by atoms with Crippen molar-refractivity contribution in [3.8, 4) is 0 Å². The molecular formula is C6H12F2O. The van der Waals surface area contributed by atoms with Crippen molar-refractivity contribution >= 4 is 0 Å². The lowest BCUT2D eigenvalue weighted by Crippen LogP contribution is -1.97. The van der Waals surface area contributed by atoms with Crippen LogP contribution in [0.5, 0.6) is 0 Å². The van der Waals surface area contributed by atoms with Crippen molar-refractivity contribution in [1.82, 2.24) is 0 Å². The van der Waals surface area contributed by atoms with Crippen LogP contribution in [0, 0.1) is 0 Å². The maximum Gasteiger partial charge on any atom is 0.0916 e. The summed E-state index contributed by atoms with van der Waals surface area (Å²) in [6.45, 7) is 0.123. The van der Waals surface area contributed by atoms with E-state index >= 15 is 0 Å². The summed E-state index contributed by atoms with van der Waals surface area (Å²) in [5.74, 6) is 0. The first-order valence-electron chi connectivity index (χ1n) is 3.11. The average Bonchev–Trinajstić information content (AvgIpc) is 1.89. The second-order valence-corrected chi connectivity index (χ2v) is 1.70. The van der Waals surface area contributed by atoms with Gasteiger partial charge in [-0.2, -0.15) is 0 Å². The quantitative estimate of drug-likeness (QED) is 0.508. The fourth-order valence-corrected chi connectivity index (χ4v) is 0.415. The Kier molecular flexibility index (Phi) is 7.66. The summed E-state index contributed by atoms with van der Waals surface area (Å²) < 4.78 is 27.5. The fourth-order valence-electron chi connectivity index (χ4n) is 0.415. The summed E-state index contributed by atoms with van der Waals surface area (Å²) in [5.41, 5.74) is 0. The first kappa shape index (κ1) is 8.82. The van der Waals surface area contributed by atoms with Crippen LogP contribution in [0.1, 0.15) is 12.8 Å². The summed E-state index contributed by atoms with van der Waals surface area (Å²) in [5, 5.41) is 0. The Morgan fingerprint density at radius 2 is 1.33 bits per heavy atom. The fraction of sp³-hybridized carbons (Fsp3) is 1.00. The standard InChI is InChI=1S/C6H12F2O/c7-3-1-5-9-6-2-4-8/h1-6H2. The van der Waals surface area contributed by atoms with Crippen LogP contribution in [0.2, 0.25) is 0 Å². The summed E-state index contributed by atoms with van der Waals surface area (Å²) in [4.78, 5) is 0. The molecule has 3 heteroatoms. The number of hydrogen-bond acceptors (Lipinski definition) is 1. The normalized spacial score (nSPS) is 10.0. The van der Waals surface area contributed by atoms with Crippen LogP contribution in [0.15, 0.2) is 0 Å². The van der Waals surface area contributed by atoms with Crippen LogP contribution < -0.4 is 0 Å². The molecule has 0 amide bonds. The highest BCUT2D eigenvalue weighted by Gasteiger charge is 1.87. The molecule has 0 saturated carbocycles. The Labute approximate surface area is 54.0 Å². The summed E-state index contributed by atoms with van der Waals surface area (Å²) in [6, 6.07) is 0. The number of hydrogen-bond donors (Lipinski definition) is 0. The molecule has 0 unspecified atom stereocenters. The van der Waals surface area contributed by atoms with E-state index in [9.17, 15) is 8.78 Å². The monoisotopic (exact) mass is 138 g/mol. The summed E-state index contributed by atoms with van der Waals surface area (Å²) >= 11 is 0. The first-order chi connectivity index (χ1) is 4.41. The highest BCUT2D eigenvalue weighted by Crippen LogP contribution is 1.86. The SMILES string of the molecule is FCCCOCCCF. The van der Waals surface area contributed by atoms with Crippen molar-refractivity contribution in [1.29, 1.82) is 0 Å². The van der Waals surface area contributed by atoms with E-state index in [1.165, 1.54) is 0 Å². The Morgan fingerprint density at radius 1 is 0.889 bits per heavy atom. The molecular weight excluding hydrogens is 126 g/mol. The second kappa shape index (κ2) is 7.82. The Morgan fingerprint density at radius 3 is 1.67 bits per heavy atom. The molecule has 0 aromatic carbocycles. The zero-order valence-corrected chi connectivity index (χ0v) is 5.41. The lowest BCUT2D eigenvalue weighted by Gasteiger charge is -1.97. The summed E-state index contributed by atoms with van der Waals surface area (Å²) in [7, 11) is 0. The van der Waals surface area contributed by atoms with E-state index in [4.69, 9.17) is 4.74 Å². The van der Waals surface area contributed by atoms with Crippen molar-refractivity contribution in [2.75, 3.05) is 26.6 Å². The Bertz CT molecular complexity index is 44.3. The molecule has 0 aliphatic carbocycles.